The zero-order valence-electron chi connectivity index (χ0n) is 13.7. The fourth-order valence-electron chi connectivity index (χ4n) is 2.10. The topological polar surface area (TPSA) is 78.6 Å². The van der Waals surface area contributed by atoms with Crippen molar-refractivity contribution in [2.75, 3.05) is 12.3 Å². The highest BCUT2D eigenvalue weighted by Crippen LogP contribution is 2.17. The fourth-order valence-corrected chi connectivity index (χ4v) is 2.10. The van der Waals surface area contributed by atoms with Crippen molar-refractivity contribution in [2.45, 2.75) is 26.4 Å². The first-order chi connectivity index (χ1) is 11.6. The van der Waals surface area contributed by atoms with Gasteiger partial charge in [0.1, 0.15) is 6.61 Å². The molecule has 0 atom stereocenters. The van der Waals surface area contributed by atoms with Gasteiger partial charge in [-0.3, -0.25) is 0 Å². The summed E-state index contributed by atoms with van der Waals surface area (Å²) < 4.78 is 10.5. The van der Waals surface area contributed by atoms with Crippen LogP contribution in [-0.4, -0.2) is 18.5 Å². The molecule has 0 radical (unpaired) electrons. The first-order valence-corrected chi connectivity index (χ1v) is 7.89. The van der Waals surface area contributed by atoms with Crippen LogP contribution in [-0.2, 0) is 16.1 Å². The molecule has 2 aromatic rings. The molecule has 0 heterocycles. The van der Waals surface area contributed by atoms with Crippen molar-refractivity contribution in [3.05, 3.63) is 65.2 Å². The van der Waals surface area contributed by atoms with Crippen molar-refractivity contribution in [3.63, 3.8) is 0 Å². The molecule has 2 rings (SSSR count). The largest absolute Gasteiger partial charge is 0.462 e. The van der Waals surface area contributed by atoms with E-state index in [9.17, 15) is 9.59 Å². The second-order valence-corrected chi connectivity index (χ2v) is 5.36. The van der Waals surface area contributed by atoms with Gasteiger partial charge in [-0.05, 0) is 30.2 Å². The molecular weight excluding hydrogens is 306 g/mol. The van der Waals surface area contributed by atoms with Gasteiger partial charge in [0, 0.05) is 5.69 Å². The molecule has 0 bridgehead atoms. The number of anilines is 1. The molecule has 5 nitrogen and oxygen atoms in total. The van der Waals surface area contributed by atoms with Crippen molar-refractivity contribution >= 4 is 17.6 Å². The molecule has 2 N–H and O–H groups in total. The van der Waals surface area contributed by atoms with Gasteiger partial charge in [-0.1, -0.05) is 43.7 Å². The second-order valence-electron chi connectivity index (χ2n) is 5.36. The van der Waals surface area contributed by atoms with E-state index in [1.54, 1.807) is 6.07 Å². The Hall–Kier alpha value is -2.82. The first-order valence-electron chi connectivity index (χ1n) is 7.89. The minimum absolute atomic E-state index is 0.129. The third kappa shape index (κ3) is 4.84. The van der Waals surface area contributed by atoms with Gasteiger partial charge in [0.2, 0.25) is 0 Å². The number of carbonyl (C=O) groups excluding carboxylic acids is 2. The monoisotopic (exact) mass is 327 g/mol. The summed E-state index contributed by atoms with van der Waals surface area (Å²) in [5.41, 5.74) is 7.26. The summed E-state index contributed by atoms with van der Waals surface area (Å²) in [6.07, 6.45) is 1.68. The van der Waals surface area contributed by atoms with E-state index in [-0.39, 0.29) is 17.7 Å². The van der Waals surface area contributed by atoms with E-state index >= 15 is 0 Å². The average molecular weight is 327 g/mol. The predicted molar refractivity (Wildman–Crippen MR) is 91.6 cm³/mol. The number of hydrogen-bond donors (Lipinski definition) is 1. The number of unbranched alkanes of at least 4 members (excludes halogenated alkanes) is 1. The maximum absolute atomic E-state index is 12.3. The Balaban J connectivity index is 2.10. The number of nitrogen functional groups attached to an aromatic ring is 1. The molecule has 0 unspecified atom stereocenters. The van der Waals surface area contributed by atoms with Crippen molar-refractivity contribution in [1.82, 2.24) is 0 Å². The number of benzene rings is 2. The number of nitrogens with two attached hydrogens (primary N) is 1. The van der Waals surface area contributed by atoms with Gasteiger partial charge in [0.15, 0.2) is 0 Å². The summed E-state index contributed by atoms with van der Waals surface area (Å²) in [5, 5.41) is 0. The summed E-state index contributed by atoms with van der Waals surface area (Å²) in [5.74, 6) is -1.15. The van der Waals surface area contributed by atoms with Crippen LogP contribution in [0.25, 0.3) is 0 Å². The standard InChI is InChI=1S/C19H21NO4/c1-2-3-11-23-19(22)17-12-15(20)9-10-16(17)18(21)24-13-14-7-5-4-6-8-14/h4-10,12H,2-3,11,13,20H2,1H3. The first kappa shape index (κ1) is 17.5. The molecule has 2 aromatic carbocycles. The molecule has 0 amide bonds. The molecule has 0 spiro atoms. The minimum atomic E-state index is -0.582. The van der Waals surface area contributed by atoms with Crippen molar-refractivity contribution in [2.24, 2.45) is 0 Å². The van der Waals surface area contributed by atoms with Crippen LogP contribution < -0.4 is 5.73 Å². The Kier molecular flexibility index (Phi) is 6.37. The maximum Gasteiger partial charge on any atom is 0.339 e. The highest BCUT2D eigenvalue weighted by Gasteiger charge is 2.20. The molecule has 0 saturated heterocycles. The number of hydrogen-bond acceptors (Lipinski definition) is 5. The number of carbonyl (C=O) groups is 2. The minimum Gasteiger partial charge on any atom is -0.462 e. The van der Waals surface area contributed by atoms with Gasteiger partial charge in [0.05, 0.1) is 17.7 Å². The summed E-state index contributed by atoms with van der Waals surface area (Å²) in [4.78, 5) is 24.5. The normalized spacial score (nSPS) is 10.2. The predicted octanol–water partition coefficient (Wildman–Crippen LogP) is 3.58. The van der Waals surface area contributed by atoms with Gasteiger partial charge in [-0.2, -0.15) is 0 Å². The van der Waals surface area contributed by atoms with Crippen LogP contribution in [0.4, 0.5) is 5.69 Å². The summed E-state index contributed by atoms with van der Waals surface area (Å²) >= 11 is 0. The van der Waals surface area contributed by atoms with Crippen LogP contribution in [0.3, 0.4) is 0 Å². The summed E-state index contributed by atoms with van der Waals surface area (Å²) in [6.45, 7) is 2.44. The fraction of sp³-hybridized carbons (Fsp3) is 0.263. The van der Waals surface area contributed by atoms with Gasteiger partial charge in [-0.25, -0.2) is 9.59 Å². The van der Waals surface area contributed by atoms with Gasteiger partial charge < -0.3 is 15.2 Å². The lowest BCUT2D eigenvalue weighted by atomic mass is 10.1. The molecular formula is C19H21NO4. The molecule has 0 saturated carbocycles. The lowest BCUT2D eigenvalue weighted by Crippen LogP contribution is -2.15. The zero-order chi connectivity index (χ0) is 17.4. The van der Waals surface area contributed by atoms with Gasteiger partial charge >= 0.3 is 11.9 Å². The van der Waals surface area contributed by atoms with E-state index < -0.39 is 11.9 Å². The van der Waals surface area contributed by atoms with Crippen molar-refractivity contribution < 1.29 is 19.1 Å². The molecule has 0 aliphatic rings. The molecule has 0 aromatic heterocycles. The van der Waals surface area contributed by atoms with Crippen LogP contribution >= 0.6 is 0 Å². The number of esters is 2. The Morgan fingerprint density at radius 3 is 2.38 bits per heavy atom. The Morgan fingerprint density at radius 1 is 0.958 bits per heavy atom. The molecule has 5 heteroatoms. The summed E-state index contributed by atoms with van der Waals surface area (Å²) in [6, 6.07) is 13.8. The molecule has 0 aliphatic heterocycles. The number of rotatable bonds is 7. The second kappa shape index (κ2) is 8.72. The number of ether oxygens (including phenoxy) is 2. The van der Waals surface area contributed by atoms with E-state index in [1.165, 1.54) is 12.1 Å². The van der Waals surface area contributed by atoms with E-state index in [0.717, 1.165) is 18.4 Å². The van der Waals surface area contributed by atoms with Crippen molar-refractivity contribution in [1.29, 1.82) is 0 Å². The maximum atomic E-state index is 12.3. The van der Waals surface area contributed by atoms with Crippen LogP contribution in [0.15, 0.2) is 48.5 Å². The molecule has 0 fully saturated rings. The average Bonchev–Trinajstić information content (AvgIpc) is 2.60. The van der Waals surface area contributed by atoms with E-state index in [1.807, 2.05) is 37.3 Å². The van der Waals surface area contributed by atoms with E-state index in [4.69, 9.17) is 15.2 Å². The van der Waals surface area contributed by atoms with Crippen molar-refractivity contribution in [3.8, 4) is 0 Å². The zero-order valence-corrected chi connectivity index (χ0v) is 13.7. The SMILES string of the molecule is CCCCOC(=O)c1cc(N)ccc1C(=O)OCc1ccccc1. The van der Waals surface area contributed by atoms with E-state index in [2.05, 4.69) is 0 Å². The highest BCUT2D eigenvalue weighted by atomic mass is 16.5. The van der Waals surface area contributed by atoms with Crippen LogP contribution in [0.5, 0.6) is 0 Å². The van der Waals surface area contributed by atoms with Gasteiger partial charge in [-0.15, -0.1) is 0 Å². The Bertz CT molecular complexity index is 698. The molecule has 126 valence electrons. The lowest BCUT2D eigenvalue weighted by Gasteiger charge is -2.10. The van der Waals surface area contributed by atoms with Gasteiger partial charge in [0.25, 0.3) is 0 Å². The smallest absolute Gasteiger partial charge is 0.339 e. The Labute approximate surface area is 141 Å². The highest BCUT2D eigenvalue weighted by molar-refractivity contribution is 6.03. The third-order valence-corrected chi connectivity index (χ3v) is 3.43. The lowest BCUT2D eigenvalue weighted by molar-refractivity contribution is 0.0437. The van der Waals surface area contributed by atoms with Crippen LogP contribution in [0.1, 0.15) is 46.0 Å². The Morgan fingerprint density at radius 2 is 1.67 bits per heavy atom. The van der Waals surface area contributed by atoms with E-state index in [0.29, 0.717) is 12.3 Å². The molecule has 0 aliphatic carbocycles. The molecule has 24 heavy (non-hydrogen) atoms. The quantitative estimate of drug-likeness (QED) is 0.478. The van der Waals surface area contributed by atoms with Crippen LogP contribution in [0, 0.1) is 0 Å². The van der Waals surface area contributed by atoms with Crippen LogP contribution in [0.2, 0.25) is 0 Å². The third-order valence-electron chi connectivity index (χ3n) is 3.43. The summed E-state index contributed by atoms with van der Waals surface area (Å²) in [7, 11) is 0.